The molecule has 1 aromatic carbocycles. The fourth-order valence-corrected chi connectivity index (χ4v) is 3.93. The molecular weight excluding hydrogens is 286 g/mol. The second-order valence-corrected chi connectivity index (χ2v) is 7.24. The van der Waals surface area contributed by atoms with E-state index in [1.807, 2.05) is 0 Å². The van der Waals surface area contributed by atoms with Crippen molar-refractivity contribution >= 4 is 17.7 Å². The van der Waals surface area contributed by atoms with Crippen LogP contribution < -0.4 is 16.0 Å². The minimum atomic E-state index is -0.296. The smallest absolute Gasteiger partial charge is 0.265 e. The number of nitrogen functional groups attached to an aromatic ring is 1. The fraction of sp³-hybridized carbons (Fsp3) is 0.533. The molecule has 3 N–H and O–H groups in total. The van der Waals surface area contributed by atoms with Crippen molar-refractivity contribution in [3.05, 3.63) is 29.8 Å². The van der Waals surface area contributed by atoms with Crippen LogP contribution in [0.2, 0.25) is 0 Å². The van der Waals surface area contributed by atoms with Crippen molar-refractivity contribution in [1.29, 1.82) is 0 Å². The molecule has 1 amide bonds. The maximum absolute atomic E-state index is 11.3. The summed E-state index contributed by atoms with van der Waals surface area (Å²) < 4.78 is 5.74. The lowest BCUT2D eigenvalue weighted by molar-refractivity contribution is 0.0953. The van der Waals surface area contributed by atoms with Crippen LogP contribution >= 0.6 is 11.8 Å². The molecule has 1 fully saturated rings. The summed E-state index contributed by atoms with van der Waals surface area (Å²) in [6.07, 6.45) is 0. The van der Waals surface area contributed by atoms with Gasteiger partial charge in [0, 0.05) is 35.7 Å². The van der Waals surface area contributed by atoms with Crippen molar-refractivity contribution in [3.8, 4) is 5.75 Å². The minimum absolute atomic E-state index is 0.296. The summed E-state index contributed by atoms with van der Waals surface area (Å²) in [7, 11) is 0. The summed E-state index contributed by atoms with van der Waals surface area (Å²) in [5.41, 5.74) is 2.64. The number of nitrogens with two attached hydrogens (primary N) is 1. The topological polar surface area (TPSA) is 67.6 Å². The first-order valence-corrected chi connectivity index (χ1v) is 8.14. The second kappa shape index (κ2) is 7.68. The lowest BCUT2D eigenvalue weighted by Gasteiger charge is -2.34. The summed E-state index contributed by atoms with van der Waals surface area (Å²) >= 11 is 2.05. The molecule has 0 spiro atoms. The number of thioether (sulfide) groups is 1. The molecule has 5 nitrogen and oxygen atoms in total. The summed E-state index contributed by atoms with van der Waals surface area (Å²) in [6, 6.07) is 7.00. The van der Waals surface area contributed by atoms with E-state index in [9.17, 15) is 4.79 Å². The highest BCUT2D eigenvalue weighted by molar-refractivity contribution is 8.00. The van der Waals surface area contributed by atoms with Gasteiger partial charge in [-0.2, -0.15) is 11.8 Å². The zero-order valence-corrected chi connectivity index (χ0v) is 13.4. The van der Waals surface area contributed by atoms with Gasteiger partial charge in [-0.05, 0) is 24.3 Å². The number of rotatable bonds is 5. The predicted molar refractivity (Wildman–Crippen MR) is 86.5 cm³/mol. The number of carbonyl (C=O) groups is 1. The summed E-state index contributed by atoms with van der Waals surface area (Å²) in [6.45, 7) is 8.37. The van der Waals surface area contributed by atoms with Crippen LogP contribution in [0.1, 0.15) is 24.2 Å². The highest BCUT2D eigenvalue weighted by atomic mass is 32.2. The highest BCUT2D eigenvalue weighted by Crippen LogP contribution is 2.24. The molecule has 1 aliphatic heterocycles. The van der Waals surface area contributed by atoms with E-state index >= 15 is 0 Å². The quantitative estimate of drug-likeness (QED) is 0.490. The maximum atomic E-state index is 11.3. The van der Waals surface area contributed by atoms with E-state index in [0.717, 1.165) is 25.4 Å². The van der Waals surface area contributed by atoms with E-state index in [4.69, 9.17) is 10.6 Å². The average molecular weight is 309 g/mol. The summed E-state index contributed by atoms with van der Waals surface area (Å²) in [5, 5.41) is 1.37. The van der Waals surface area contributed by atoms with Gasteiger partial charge in [0.15, 0.2) is 0 Å². The molecule has 1 aromatic rings. The van der Waals surface area contributed by atoms with E-state index in [2.05, 4.69) is 35.9 Å². The Morgan fingerprint density at radius 1 is 1.33 bits per heavy atom. The van der Waals surface area contributed by atoms with Gasteiger partial charge >= 0.3 is 0 Å². The molecule has 0 bridgehead atoms. The van der Waals surface area contributed by atoms with Gasteiger partial charge in [0.25, 0.3) is 5.91 Å². The number of nitrogens with zero attached hydrogens (tertiary/aromatic N) is 1. The van der Waals surface area contributed by atoms with E-state index in [-0.39, 0.29) is 5.91 Å². The summed E-state index contributed by atoms with van der Waals surface area (Å²) in [4.78, 5) is 13.8. The van der Waals surface area contributed by atoms with Crippen molar-refractivity contribution in [2.24, 2.45) is 5.84 Å². The van der Waals surface area contributed by atoms with Crippen LogP contribution in [0.25, 0.3) is 0 Å². The monoisotopic (exact) mass is 309 g/mol. The normalized spacial score (nSPS) is 22.8. The molecule has 1 heterocycles. The van der Waals surface area contributed by atoms with Gasteiger partial charge in [0.05, 0.1) is 0 Å². The number of hydrogen-bond donors (Lipinski definition) is 2. The molecule has 0 saturated carbocycles. The van der Waals surface area contributed by atoms with Crippen molar-refractivity contribution in [1.82, 2.24) is 10.3 Å². The third kappa shape index (κ3) is 4.91. The van der Waals surface area contributed by atoms with Gasteiger partial charge in [-0.15, -0.1) is 0 Å². The highest BCUT2D eigenvalue weighted by Gasteiger charge is 2.21. The van der Waals surface area contributed by atoms with E-state index in [1.54, 1.807) is 24.3 Å². The van der Waals surface area contributed by atoms with E-state index in [1.165, 1.54) is 0 Å². The lowest BCUT2D eigenvalue weighted by Crippen LogP contribution is -2.42. The Balaban J connectivity index is 1.77. The first kappa shape index (κ1) is 16.1. The third-order valence-electron chi connectivity index (χ3n) is 3.42. The van der Waals surface area contributed by atoms with Crippen LogP contribution in [-0.4, -0.2) is 47.5 Å². The first-order chi connectivity index (χ1) is 10.1. The van der Waals surface area contributed by atoms with Crippen molar-refractivity contribution in [3.63, 3.8) is 0 Å². The maximum Gasteiger partial charge on any atom is 0.265 e. The molecule has 0 aromatic heterocycles. The Hall–Kier alpha value is -1.24. The lowest BCUT2D eigenvalue weighted by atomic mass is 10.2. The van der Waals surface area contributed by atoms with E-state index in [0.29, 0.717) is 22.7 Å². The van der Waals surface area contributed by atoms with Gasteiger partial charge in [-0.1, -0.05) is 13.8 Å². The standard InChI is InChI=1S/C15H23N3O2S/c1-11-9-18(10-12(2)21-11)7-8-20-14-5-3-13(4-6-14)15(19)17-16/h3-6,11-12H,7-10,16H2,1-2H3,(H,17,19). The van der Waals surface area contributed by atoms with Gasteiger partial charge in [-0.3, -0.25) is 15.1 Å². The average Bonchev–Trinajstić information content (AvgIpc) is 2.46. The SMILES string of the molecule is CC1CN(CCOc2ccc(C(=O)NN)cc2)CC(C)S1. The zero-order valence-electron chi connectivity index (χ0n) is 12.5. The molecule has 0 radical (unpaired) electrons. The number of nitrogens with one attached hydrogen (secondary N) is 1. The minimum Gasteiger partial charge on any atom is -0.492 e. The molecule has 2 unspecified atom stereocenters. The Morgan fingerprint density at radius 3 is 2.52 bits per heavy atom. The predicted octanol–water partition coefficient (Wildman–Crippen LogP) is 1.49. The largest absolute Gasteiger partial charge is 0.492 e. The van der Waals surface area contributed by atoms with E-state index < -0.39 is 0 Å². The van der Waals surface area contributed by atoms with Gasteiger partial charge in [0.1, 0.15) is 12.4 Å². The molecule has 2 rings (SSSR count). The molecule has 6 heteroatoms. The summed E-state index contributed by atoms with van der Waals surface area (Å²) in [5.74, 6) is 5.57. The van der Waals surface area contributed by atoms with Crippen LogP contribution in [0, 0.1) is 0 Å². The van der Waals surface area contributed by atoms with Gasteiger partial charge in [0.2, 0.25) is 0 Å². The van der Waals surface area contributed by atoms with Crippen LogP contribution in [0.3, 0.4) is 0 Å². The van der Waals surface area contributed by atoms with Crippen LogP contribution in [0.5, 0.6) is 5.75 Å². The number of amides is 1. The molecule has 1 aliphatic rings. The first-order valence-electron chi connectivity index (χ1n) is 7.20. The van der Waals surface area contributed by atoms with Crippen LogP contribution in [-0.2, 0) is 0 Å². The number of hydrazine groups is 1. The fourth-order valence-electron chi connectivity index (χ4n) is 2.55. The molecular formula is C15H23N3O2S. The molecule has 116 valence electrons. The van der Waals surface area contributed by atoms with Gasteiger partial charge < -0.3 is 4.74 Å². The third-order valence-corrected chi connectivity index (χ3v) is 4.65. The molecule has 21 heavy (non-hydrogen) atoms. The Bertz CT molecular complexity index is 456. The van der Waals surface area contributed by atoms with Gasteiger partial charge in [-0.25, -0.2) is 5.84 Å². The van der Waals surface area contributed by atoms with Crippen molar-refractivity contribution in [2.75, 3.05) is 26.2 Å². The Morgan fingerprint density at radius 2 is 1.95 bits per heavy atom. The van der Waals surface area contributed by atoms with Crippen LogP contribution in [0.4, 0.5) is 0 Å². The Kier molecular flexibility index (Phi) is 5.90. The Labute approximate surface area is 130 Å². The zero-order chi connectivity index (χ0) is 15.2. The number of hydrogen-bond acceptors (Lipinski definition) is 5. The number of ether oxygens (including phenoxy) is 1. The number of carbonyl (C=O) groups excluding carboxylic acids is 1. The number of benzene rings is 1. The van der Waals surface area contributed by atoms with Crippen LogP contribution in [0.15, 0.2) is 24.3 Å². The molecule has 1 saturated heterocycles. The molecule has 2 atom stereocenters. The van der Waals surface area contributed by atoms with Crippen molar-refractivity contribution in [2.45, 2.75) is 24.3 Å². The molecule has 0 aliphatic carbocycles. The van der Waals surface area contributed by atoms with Crippen molar-refractivity contribution < 1.29 is 9.53 Å². The second-order valence-electron chi connectivity index (χ2n) is 5.36.